The van der Waals surface area contributed by atoms with Gasteiger partial charge in [0.05, 0.1) is 17.5 Å². The van der Waals surface area contributed by atoms with Crippen molar-refractivity contribution in [1.82, 2.24) is 19.9 Å². The maximum atomic E-state index is 16.9. The van der Waals surface area contributed by atoms with Crippen molar-refractivity contribution in [1.29, 1.82) is 0 Å². The van der Waals surface area contributed by atoms with Crippen LogP contribution in [0.1, 0.15) is 44.6 Å². The van der Waals surface area contributed by atoms with E-state index < -0.39 is 35.1 Å². The van der Waals surface area contributed by atoms with E-state index in [4.69, 9.17) is 19.2 Å². The number of aryl methyl sites for hydroxylation is 1. The number of hydrogen-bond donors (Lipinski definition) is 1. The van der Waals surface area contributed by atoms with Gasteiger partial charge in [-0.3, -0.25) is 9.88 Å². The van der Waals surface area contributed by atoms with Crippen LogP contribution in [0.15, 0.2) is 30.5 Å². The molecular formula is C34H34F3N5O5. The fourth-order valence-electron chi connectivity index (χ4n) is 8.10. The highest BCUT2D eigenvalue weighted by molar-refractivity contribution is 6.01. The van der Waals surface area contributed by atoms with Gasteiger partial charge in [0, 0.05) is 31.3 Å². The molecule has 0 amide bonds. The summed E-state index contributed by atoms with van der Waals surface area (Å²) in [7, 11) is 0. The molecule has 1 N–H and O–H groups in total. The Kier molecular flexibility index (Phi) is 7.08. The lowest BCUT2D eigenvalue weighted by Crippen LogP contribution is -2.50. The number of fused-ring (bicyclic) bond motifs is 3. The van der Waals surface area contributed by atoms with Crippen molar-refractivity contribution in [2.45, 2.75) is 62.8 Å². The number of aromatic hydroxyl groups is 1. The van der Waals surface area contributed by atoms with Gasteiger partial charge in [0.1, 0.15) is 48.0 Å². The number of benzene rings is 2. The number of pyridine rings is 1. The van der Waals surface area contributed by atoms with Gasteiger partial charge < -0.3 is 24.2 Å². The summed E-state index contributed by atoms with van der Waals surface area (Å²) in [5.41, 5.74) is -0.933. The molecule has 4 aliphatic heterocycles. The number of carbonyl (C=O) groups excluding carboxylic acids is 1. The maximum absolute atomic E-state index is 16.9. The second-order valence-corrected chi connectivity index (χ2v) is 13.2. The Morgan fingerprint density at radius 1 is 1.15 bits per heavy atom. The third-order valence-corrected chi connectivity index (χ3v) is 10.2. The number of nitrogens with zero attached hydrogens (tertiary/aromatic N) is 5. The number of hydrogen-bond acceptors (Lipinski definition) is 10. The van der Waals surface area contributed by atoms with Gasteiger partial charge in [0.15, 0.2) is 11.4 Å². The van der Waals surface area contributed by atoms with Crippen LogP contribution in [-0.4, -0.2) is 87.8 Å². The van der Waals surface area contributed by atoms with Crippen molar-refractivity contribution >= 4 is 33.6 Å². The summed E-state index contributed by atoms with van der Waals surface area (Å²) in [6, 6.07) is 5.68. The van der Waals surface area contributed by atoms with E-state index in [1.807, 2.05) is 4.90 Å². The number of cyclic esters (lactones) is 1. The summed E-state index contributed by atoms with van der Waals surface area (Å²) in [6.45, 7) is 3.97. The maximum Gasteiger partial charge on any atom is 0.509 e. The quantitative estimate of drug-likeness (QED) is 0.256. The molecule has 4 aliphatic rings. The molecule has 6 heterocycles. The van der Waals surface area contributed by atoms with Gasteiger partial charge in [0.2, 0.25) is 0 Å². The Morgan fingerprint density at radius 3 is 2.81 bits per heavy atom. The lowest BCUT2D eigenvalue weighted by Gasteiger charge is -2.38. The molecule has 8 rings (SSSR count). The average molecular weight is 650 g/mol. The molecule has 4 aromatic rings. The Hall–Kier alpha value is -4.39. The minimum Gasteiger partial charge on any atom is -0.508 e. The summed E-state index contributed by atoms with van der Waals surface area (Å²) < 4.78 is 63.3. The molecule has 246 valence electrons. The summed E-state index contributed by atoms with van der Waals surface area (Å²) >= 11 is 0. The van der Waals surface area contributed by atoms with Crippen LogP contribution in [0.25, 0.3) is 32.9 Å². The number of alkyl halides is 1. The van der Waals surface area contributed by atoms with Crippen LogP contribution in [-0.2, 0) is 15.9 Å². The van der Waals surface area contributed by atoms with Gasteiger partial charge in [-0.2, -0.15) is 9.97 Å². The first-order chi connectivity index (χ1) is 22.7. The van der Waals surface area contributed by atoms with Gasteiger partial charge in [-0.15, -0.1) is 0 Å². The zero-order valence-electron chi connectivity index (χ0n) is 25.9. The molecule has 47 heavy (non-hydrogen) atoms. The molecule has 0 radical (unpaired) electrons. The Labute approximate surface area is 268 Å². The molecule has 10 nitrogen and oxygen atoms in total. The van der Waals surface area contributed by atoms with E-state index in [0.717, 1.165) is 19.4 Å². The molecule has 0 saturated carbocycles. The van der Waals surface area contributed by atoms with Crippen LogP contribution >= 0.6 is 0 Å². The number of carbonyl (C=O) groups is 1. The molecule has 3 atom stereocenters. The molecule has 2 aromatic heterocycles. The van der Waals surface area contributed by atoms with E-state index in [0.29, 0.717) is 66.3 Å². The summed E-state index contributed by atoms with van der Waals surface area (Å²) in [5.74, 6) is -1.000. The lowest BCUT2D eigenvalue weighted by atomic mass is 9.93. The van der Waals surface area contributed by atoms with Gasteiger partial charge in [-0.25, -0.2) is 18.0 Å². The van der Waals surface area contributed by atoms with Crippen LogP contribution in [0.3, 0.4) is 0 Å². The van der Waals surface area contributed by atoms with Crippen molar-refractivity contribution in [3.05, 3.63) is 47.7 Å². The number of phenols is 1. The smallest absolute Gasteiger partial charge is 0.508 e. The van der Waals surface area contributed by atoms with Crippen molar-refractivity contribution in [2.24, 2.45) is 0 Å². The summed E-state index contributed by atoms with van der Waals surface area (Å²) in [6.07, 6.45) is 3.43. The molecule has 0 unspecified atom stereocenters. The van der Waals surface area contributed by atoms with Crippen LogP contribution < -0.4 is 9.64 Å². The van der Waals surface area contributed by atoms with Gasteiger partial charge in [-0.05, 0) is 73.2 Å². The van der Waals surface area contributed by atoms with E-state index in [1.165, 1.54) is 24.4 Å². The molecule has 4 saturated heterocycles. The van der Waals surface area contributed by atoms with Gasteiger partial charge >= 0.3 is 12.2 Å². The highest BCUT2D eigenvalue weighted by Gasteiger charge is 2.50. The predicted molar refractivity (Wildman–Crippen MR) is 166 cm³/mol. The molecule has 4 fully saturated rings. The zero-order chi connectivity index (χ0) is 32.5. The lowest BCUT2D eigenvalue weighted by molar-refractivity contribution is 0.0445. The van der Waals surface area contributed by atoms with E-state index in [9.17, 15) is 18.7 Å². The Morgan fingerprint density at radius 2 is 2.00 bits per heavy atom. The van der Waals surface area contributed by atoms with Crippen molar-refractivity contribution in [3.8, 4) is 23.0 Å². The third-order valence-electron chi connectivity index (χ3n) is 10.2. The van der Waals surface area contributed by atoms with Gasteiger partial charge in [0.25, 0.3) is 0 Å². The summed E-state index contributed by atoms with van der Waals surface area (Å²) in [4.78, 5) is 29.7. The molecule has 0 aliphatic carbocycles. The van der Waals surface area contributed by atoms with Crippen molar-refractivity contribution < 1.29 is 37.3 Å². The van der Waals surface area contributed by atoms with Crippen LogP contribution in [0, 0.1) is 11.6 Å². The standard InChI is InChI=1S/C34H34F3N5O5/c1-2-22-25(36)6-5-19-11-21(43)12-23(26(19)22)28-27(37)29-24(14-38-28)30(41-9-4-8-34(16-41)18-46-32(44)47-34)40-31(39-29)45-17-33-7-3-10-42(33)15-20(35)13-33/h5-6,11-12,14,20,43H,2-4,7-10,13,15-18H2,1H3/t20-,33+,34-/m1/s1. The first-order valence-electron chi connectivity index (χ1n) is 16.1. The monoisotopic (exact) mass is 649 g/mol. The second kappa shape index (κ2) is 11.1. The number of ether oxygens (including phenoxy) is 3. The first kappa shape index (κ1) is 30.0. The Bertz CT molecular complexity index is 1930. The third kappa shape index (κ3) is 4.97. The summed E-state index contributed by atoms with van der Waals surface area (Å²) in [5, 5.41) is 11.9. The van der Waals surface area contributed by atoms with E-state index >= 15 is 4.39 Å². The minimum absolute atomic E-state index is 0.0733. The molecule has 13 heteroatoms. The van der Waals surface area contributed by atoms with E-state index in [2.05, 4.69) is 14.9 Å². The van der Waals surface area contributed by atoms with E-state index in [1.54, 1.807) is 13.0 Å². The molecule has 0 bridgehead atoms. The molecule has 2 aromatic carbocycles. The normalized spacial score (nSPS) is 25.9. The number of rotatable bonds is 6. The molecule has 1 spiro atoms. The van der Waals surface area contributed by atoms with E-state index in [-0.39, 0.29) is 48.3 Å². The first-order valence-corrected chi connectivity index (χ1v) is 16.1. The van der Waals surface area contributed by atoms with Crippen molar-refractivity contribution in [2.75, 3.05) is 44.3 Å². The average Bonchev–Trinajstić information content (AvgIpc) is 3.71. The fourth-order valence-corrected chi connectivity index (χ4v) is 8.10. The highest BCUT2D eigenvalue weighted by atomic mass is 19.1. The fraction of sp³-hybridized carbons (Fsp3) is 0.471. The van der Waals surface area contributed by atoms with Crippen LogP contribution in [0.2, 0.25) is 0 Å². The molecular weight excluding hydrogens is 615 g/mol. The topological polar surface area (TPSA) is 110 Å². The number of piperidine rings is 1. The highest BCUT2D eigenvalue weighted by Crippen LogP contribution is 2.42. The van der Waals surface area contributed by atoms with Crippen LogP contribution in [0.4, 0.5) is 23.8 Å². The van der Waals surface area contributed by atoms with Crippen molar-refractivity contribution in [3.63, 3.8) is 0 Å². The van der Waals surface area contributed by atoms with Crippen LogP contribution in [0.5, 0.6) is 11.8 Å². The van der Waals surface area contributed by atoms with Gasteiger partial charge in [-0.1, -0.05) is 13.0 Å². The minimum atomic E-state index is -0.950. The SMILES string of the molecule is CCc1c(F)ccc2cc(O)cc(-c3ncc4c(N5CCC[C@]6(COC(=O)O6)C5)nc(OC[C@@]56CCCN5C[C@H](F)C6)nc4c3F)c12. The second-order valence-electron chi connectivity index (χ2n) is 13.2. The number of anilines is 1. The largest absolute Gasteiger partial charge is 0.509 e. The number of aromatic nitrogens is 3. The Balaban J connectivity index is 1.27. The predicted octanol–water partition coefficient (Wildman–Crippen LogP) is 5.85. The number of phenolic OH excluding ortho intramolecular Hbond substituents is 1. The zero-order valence-corrected chi connectivity index (χ0v) is 25.9. The number of halogens is 3.